The highest BCUT2D eigenvalue weighted by Crippen LogP contribution is 2.14. The standard InChI is InChI=1S/C14H18N2O3/c1-11(2)10-15(3)14(17)8-7-12-5-4-6-13(9-12)16(18)19/h4-9,11H,10H2,1-3H3/b8-7+. The smallest absolute Gasteiger partial charge is 0.270 e. The summed E-state index contributed by atoms with van der Waals surface area (Å²) in [6, 6.07) is 6.18. The first-order chi connectivity index (χ1) is 8.90. The van der Waals surface area contributed by atoms with E-state index in [0.29, 0.717) is 18.0 Å². The van der Waals surface area contributed by atoms with Crippen LogP contribution in [0.3, 0.4) is 0 Å². The molecule has 1 aromatic rings. The molecule has 19 heavy (non-hydrogen) atoms. The Hall–Kier alpha value is -2.17. The number of non-ortho nitro benzene ring substituents is 1. The predicted octanol–water partition coefficient (Wildman–Crippen LogP) is 2.72. The van der Waals surface area contributed by atoms with Gasteiger partial charge in [0, 0.05) is 31.8 Å². The van der Waals surface area contributed by atoms with Crippen molar-refractivity contribution < 1.29 is 9.72 Å². The lowest BCUT2D eigenvalue weighted by Crippen LogP contribution is -2.28. The Kier molecular flexibility index (Phi) is 5.23. The number of likely N-dealkylation sites (N-methyl/N-ethyl adjacent to an activating group) is 1. The van der Waals surface area contributed by atoms with Crippen molar-refractivity contribution in [1.82, 2.24) is 4.90 Å². The Labute approximate surface area is 112 Å². The molecule has 0 heterocycles. The first-order valence-electron chi connectivity index (χ1n) is 6.07. The monoisotopic (exact) mass is 262 g/mol. The number of hydrogen-bond acceptors (Lipinski definition) is 3. The molecule has 0 unspecified atom stereocenters. The van der Waals surface area contributed by atoms with Gasteiger partial charge in [-0.3, -0.25) is 14.9 Å². The molecule has 0 aliphatic heterocycles. The SMILES string of the molecule is CC(C)CN(C)C(=O)/C=C/c1cccc([N+](=O)[O-])c1. The van der Waals surface area contributed by atoms with Crippen LogP contribution in [-0.4, -0.2) is 29.3 Å². The van der Waals surface area contributed by atoms with Crippen molar-refractivity contribution in [3.8, 4) is 0 Å². The van der Waals surface area contributed by atoms with Crippen molar-refractivity contribution in [2.24, 2.45) is 5.92 Å². The van der Waals surface area contributed by atoms with Crippen LogP contribution in [0.15, 0.2) is 30.3 Å². The van der Waals surface area contributed by atoms with E-state index in [2.05, 4.69) is 0 Å². The summed E-state index contributed by atoms with van der Waals surface area (Å²) in [5.41, 5.74) is 0.658. The number of carbonyl (C=O) groups is 1. The van der Waals surface area contributed by atoms with Gasteiger partial charge >= 0.3 is 0 Å². The van der Waals surface area contributed by atoms with Gasteiger partial charge in [0.2, 0.25) is 5.91 Å². The van der Waals surface area contributed by atoms with Crippen LogP contribution in [0.2, 0.25) is 0 Å². The third-order valence-electron chi connectivity index (χ3n) is 2.51. The van der Waals surface area contributed by atoms with Gasteiger partial charge in [0.25, 0.3) is 5.69 Å². The molecule has 0 aromatic heterocycles. The zero-order chi connectivity index (χ0) is 14.4. The highest BCUT2D eigenvalue weighted by atomic mass is 16.6. The van der Waals surface area contributed by atoms with Gasteiger partial charge in [-0.1, -0.05) is 26.0 Å². The van der Waals surface area contributed by atoms with Crippen LogP contribution in [0.1, 0.15) is 19.4 Å². The normalized spacial score (nSPS) is 10.9. The van der Waals surface area contributed by atoms with E-state index in [9.17, 15) is 14.9 Å². The molecular weight excluding hydrogens is 244 g/mol. The quantitative estimate of drug-likeness (QED) is 0.465. The number of hydrogen-bond donors (Lipinski definition) is 0. The number of nitro benzene ring substituents is 1. The number of benzene rings is 1. The Bertz CT molecular complexity index is 495. The summed E-state index contributed by atoms with van der Waals surface area (Å²) in [6.07, 6.45) is 3.02. The van der Waals surface area contributed by atoms with Crippen LogP contribution in [0.5, 0.6) is 0 Å². The molecule has 0 saturated carbocycles. The second kappa shape index (κ2) is 6.68. The Morgan fingerprint density at radius 1 is 1.47 bits per heavy atom. The van der Waals surface area contributed by atoms with Crippen molar-refractivity contribution in [2.75, 3.05) is 13.6 Å². The molecule has 0 radical (unpaired) electrons. The molecule has 0 saturated heterocycles. The molecule has 5 heteroatoms. The second-order valence-electron chi connectivity index (χ2n) is 4.80. The molecule has 1 aromatic carbocycles. The van der Waals surface area contributed by atoms with Crippen molar-refractivity contribution in [3.63, 3.8) is 0 Å². The summed E-state index contributed by atoms with van der Waals surface area (Å²) in [5.74, 6) is 0.292. The van der Waals surface area contributed by atoms with Crippen LogP contribution in [0.25, 0.3) is 6.08 Å². The van der Waals surface area contributed by atoms with Crippen LogP contribution in [-0.2, 0) is 4.79 Å². The fourth-order valence-corrected chi connectivity index (χ4v) is 1.67. The lowest BCUT2D eigenvalue weighted by molar-refractivity contribution is -0.384. The van der Waals surface area contributed by atoms with Crippen molar-refractivity contribution in [2.45, 2.75) is 13.8 Å². The maximum absolute atomic E-state index is 11.8. The summed E-state index contributed by atoms with van der Waals surface area (Å²) < 4.78 is 0. The Morgan fingerprint density at radius 2 is 2.16 bits per heavy atom. The molecule has 1 amide bonds. The van der Waals surface area contributed by atoms with E-state index in [4.69, 9.17) is 0 Å². The van der Waals surface area contributed by atoms with E-state index in [1.807, 2.05) is 13.8 Å². The number of rotatable bonds is 5. The van der Waals surface area contributed by atoms with Crippen LogP contribution < -0.4 is 0 Å². The van der Waals surface area contributed by atoms with E-state index in [1.54, 1.807) is 30.2 Å². The zero-order valence-corrected chi connectivity index (χ0v) is 11.4. The Morgan fingerprint density at radius 3 is 2.74 bits per heavy atom. The highest BCUT2D eigenvalue weighted by Gasteiger charge is 2.07. The topological polar surface area (TPSA) is 63.5 Å². The summed E-state index contributed by atoms with van der Waals surface area (Å²) in [6.45, 7) is 4.75. The molecule has 0 aliphatic rings. The predicted molar refractivity (Wildman–Crippen MR) is 74.6 cm³/mol. The van der Waals surface area contributed by atoms with Crippen LogP contribution >= 0.6 is 0 Å². The molecule has 1 rings (SSSR count). The van der Waals surface area contributed by atoms with Crippen LogP contribution in [0.4, 0.5) is 5.69 Å². The minimum Gasteiger partial charge on any atom is -0.342 e. The molecule has 0 N–H and O–H groups in total. The average molecular weight is 262 g/mol. The molecule has 0 spiro atoms. The van der Waals surface area contributed by atoms with Crippen molar-refractivity contribution >= 4 is 17.7 Å². The molecular formula is C14H18N2O3. The number of amides is 1. The number of nitrogens with zero attached hydrogens (tertiary/aromatic N) is 2. The summed E-state index contributed by atoms with van der Waals surface area (Å²) >= 11 is 0. The minimum absolute atomic E-state index is 0.0186. The molecule has 5 nitrogen and oxygen atoms in total. The first-order valence-corrected chi connectivity index (χ1v) is 6.07. The lowest BCUT2D eigenvalue weighted by atomic mass is 10.2. The minimum atomic E-state index is -0.454. The van der Waals surface area contributed by atoms with E-state index in [-0.39, 0.29) is 11.6 Å². The second-order valence-corrected chi connectivity index (χ2v) is 4.80. The number of carbonyl (C=O) groups excluding carboxylic acids is 1. The third kappa shape index (κ3) is 4.91. The highest BCUT2D eigenvalue weighted by molar-refractivity contribution is 5.91. The zero-order valence-electron chi connectivity index (χ0n) is 11.4. The number of nitro groups is 1. The van der Waals surface area contributed by atoms with Gasteiger partial charge in [0.15, 0.2) is 0 Å². The van der Waals surface area contributed by atoms with Gasteiger partial charge in [-0.05, 0) is 17.6 Å². The maximum Gasteiger partial charge on any atom is 0.270 e. The molecule has 0 aliphatic carbocycles. The maximum atomic E-state index is 11.8. The molecule has 0 atom stereocenters. The van der Waals surface area contributed by atoms with Gasteiger partial charge in [-0.2, -0.15) is 0 Å². The van der Waals surface area contributed by atoms with E-state index in [0.717, 1.165) is 0 Å². The fourth-order valence-electron chi connectivity index (χ4n) is 1.67. The van der Waals surface area contributed by atoms with E-state index < -0.39 is 4.92 Å². The Balaban J connectivity index is 2.73. The van der Waals surface area contributed by atoms with Gasteiger partial charge < -0.3 is 4.90 Å². The van der Waals surface area contributed by atoms with Gasteiger partial charge in [-0.25, -0.2) is 0 Å². The summed E-state index contributed by atoms with van der Waals surface area (Å²) in [4.78, 5) is 23.6. The van der Waals surface area contributed by atoms with E-state index >= 15 is 0 Å². The lowest BCUT2D eigenvalue weighted by Gasteiger charge is -2.17. The van der Waals surface area contributed by atoms with E-state index in [1.165, 1.54) is 18.2 Å². The van der Waals surface area contributed by atoms with Gasteiger partial charge in [0.1, 0.15) is 0 Å². The third-order valence-corrected chi connectivity index (χ3v) is 2.51. The van der Waals surface area contributed by atoms with Crippen LogP contribution in [0, 0.1) is 16.0 Å². The average Bonchev–Trinajstić information content (AvgIpc) is 2.35. The summed E-state index contributed by atoms with van der Waals surface area (Å²) in [5, 5.41) is 10.6. The largest absolute Gasteiger partial charge is 0.342 e. The molecule has 0 bridgehead atoms. The van der Waals surface area contributed by atoms with Gasteiger partial charge in [0.05, 0.1) is 4.92 Å². The summed E-state index contributed by atoms with van der Waals surface area (Å²) in [7, 11) is 1.74. The first kappa shape index (κ1) is 14.9. The van der Waals surface area contributed by atoms with Crippen molar-refractivity contribution in [3.05, 3.63) is 46.0 Å². The molecule has 102 valence electrons. The fraction of sp³-hybridized carbons (Fsp3) is 0.357. The van der Waals surface area contributed by atoms with Gasteiger partial charge in [-0.15, -0.1) is 0 Å². The van der Waals surface area contributed by atoms with Crippen molar-refractivity contribution in [1.29, 1.82) is 0 Å². The molecule has 0 fully saturated rings.